The molecule has 116 valence electrons. The lowest BCUT2D eigenvalue weighted by atomic mass is 10.1. The van der Waals surface area contributed by atoms with Crippen molar-refractivity contribution >= 4 is 5.69 Å². The molecular weight excluding hydrogens is 268 g/mol. The van der Waals surface area contributed by atoms with Crippen LogP contribution in [0.2, 0.25) is 0 Å². The molecule has 22 heavy (non-hydrogen) atoms. The van der Waals surface area contributed by atoms with Crippen molar-refractivity contribution in [2.45, 2.75) is 32.2 Å². The number of nitrogens with zero attached hydrogens (tertiary/aromatic N) is 1. The molecule has 2 heteroatoms. The number of hydrogen-bond acceptors (Lipinski definition) is 2. The van der Waals surface area contributed by atoms with Crippen LogP contribution in [0.1, 0.15) is 24.0 Å². The molecule has 2 nitrogen and oxygen atoms in total. The molecule has 1 unspecified atom stereocenters. The van der Waals surface area contributed by atoms with E-state index in [0.717, 1.165) is 13.1 Å². The Morgan fingerprint density at radius 3 is 2.77 bits per heavy atom. The minimum atomic E-state index is 0.637. The third-order valence-electron chi connectivity index (χ3n) is 4.47. The van der Waals surface area contributed by atoms with Gasteiger partial charge in [0.1, 0.15) is 0 Å². The Hall–Kier alpha value is -1.80. The minimum Gasteiger partial charge on any atom is -0.370 e. The SMILES string of the molecule is Cc1cccc(CCCNC2CCN(c3ccccc3)C2)c1. The zero-order valence-corrected chi connectivity index (χ0v) is 13.5. The van der Waals surface area contributed by atoms with E-state index in [1.165, 1.54) is 42.6 Å². The molecule has 1 N–H and O–H groups in total. The average Bonchev–Trinajstić information content (AvgIpc) is 3.01. The van der Waals surface area contributed by atoms with Crippen molar-refractivity contribution in [2.24, 2.45) is 0 Å². The monoisotopic (exact) mass is 294 g/mol. The smallest absolute Gasteiger partial charge is 0.0366 e. The van der Waals surface area contributed by atoms with Crippen LogP contribution in [-0.2, 0) is 6.42 Å². The highest BCUT2D eigenvalue weighted by Gasteiger charge is 2.21. The van der Waals surface area contributed by atoms with Gasteiger partial charge in [0.05, 0.1) is 0 Å². The van der Waals surface area contributed by atoms with Crippen LogP contribution in [0.3, 0.4) is 0 Å². The number of aryl methyl sites for hydroxylation is 2. The first-order chi connectivity index (χ1) is 10.8. The molecule has 0 spiro atoms. The summed E-state index contributed by atoms with van der Waals surface area (Å²) in [5.41, 5.74) is 4.17. The molecule has 0 bridgehead atoms. The number of hydrogen-bond donors (Lipinski definition) is 1. The van der Waals surface area contributed by atoms with Crippen molar-refractivity contribution in [1.82, 2.24) is 5.32 Å². The molecule has 1 atom stereocenters. The van der Waals surface area contributed by atoms with Gasteiger partial charge in [-0.1, -0.05) is 48.0 Å². The zero-order chi connectivity index (χ0) is 15.2. The standard InChI is InChI=1S/C20H26N2/c1-17-7-5-8-18(15-17)9-6-13-21-19-12-14-22(16-19)20-10-3-2-4-11-20/h2-5,7-8,10-11,15,19,21H,6,9,12-14,16H2,1H3. The lowest BCUT2D eigenvalue weighted by Crippen LogP contribution is -2.33. The lowest BCUT2D eigenvalue weighted by molar-refractivity contribution is 0.539. The van der Waals surface area contributed by atoms with Gasteiger partial charge >= 0.3 is 0 Å². The van der Waals surface area contributed by atoms with Crippen LogP contribution in [0.4, 0.5) is 5.69 Å². The minimum absolute atomic E-state index is 0.637. The summed E-state index contributed by atoms with van der Waals surface area (Å²) in [6.07, 6.45) is 3.63. The Morgan fingerprint density at radius 1 is 1.09 bits per heavy atom. The summed E-state index contributed by atoms with van der Waals surface area (Å²) < 4.78 is 0. The number of anilines is 1. The fourth-order valence-electron chi connectivity index (χ4n) is 3.27. The van der Waals surface area contributed by atoms with E-state index in [4.69, 9.17) is 0 Å². The maximum Gasteiger partial charge on any atom is 0.0366 e. The summed E-state index contributed by atoms with van der Waals surface area (Å²) in [6, 6.07) is 20.2. The van der Waals surface area contributed by atoms with E-state index in [1.807, 2.05) is 0 Å². The predicted molar refractivity (Wildman–Crippen MR) is 94.6 cm³/mol. The second-order valence-corrected chi connectivity index (χ2v) is 6.31. The van der Waals surface area contributed by atoms with Crippen LogP contribution in [0, 0.1) is 6.92 Å². The Morgan fingerprint density at radius 2 is 1.95 bits per heavy atom. The van der Waals surface area contributed by atoms with Gasteiger partial charge in [-0.25, -0.2) is 0 Å². The third kappa shape index (κ3) is 4.11. The Bertz CT molecular complexity index is 579. The number of rotatable bonds is 6. The summed E-state index contributed by atoms with van der Waals surface area (Å²) in [4.78, 5) is 2.48. The van der Waals surface area contributed by atoms with Crippen molar-refractivity contribution in [3.05, 3.63) is 65.7 Å². The van der Waals surface area contributed by atoms with Crippen molar-refractivity contribution in [1.29, 1.82) is 0 Å². The highest BCUT2D eigenvalue weighted by Crippen LogP contribution is 2.19. The van der Waals surface area contributed by atoms with Gasteiger partial charge in [0.25, 0.3) is 0 Å². The highest BCUT2D eigenvalue weighted by atomic mass is 15.2. The Balaban J connectivity index is 1.38. The van der Waals surface area contributed by atoms with Gasteiger partial charge in [-0.15, -0.1) is 0 Å². The summed E-state index contributed by atoms with van der Waals surface area (Å²) in [6.45, 7) is 5.58. The molecule has 1 aliphatic heterocycles. The first kappa shape index (κ1) is 15.1. The molecule has 0 saturated carbocycles. The quantitative estimate of drug-likeness (QED) is 0.815. The fraction of sp³-hybridized carbons (Fsp3) is 0.400. The summed E-state index contributed by atoms with van der Waals surface area (Å²) >= 11 is 0. The molecular formula is C20H26N2. The van der Waals surface area contributed by atoms with Crippen molar-refractivity contribution in [3.8, 4) is 0 Å². The van der Waals surface area contributed by atoms with E-state index in [9.17, 15) is 0 Å². The van der Waals surface area contributed by atoms with E-state index in [0.29, 0.717) is 6.04 Å². The largest absolute Gasteiger partial charge is 0.370 e. The number of benzene rings is 2. The first-order valence-electron chi connectivity index (χ1n) is 8.40. The lowest BCUT2D eigenvalue weighted by Gasteiger charge is -2.19. The van der Waals surface area contributed by atoms with Gasteiger partial charge in [-0.05, 0) is 50.4 Å². The summed E-state index contributed by atoms with van der Waals surface area (Å²) in [5, 5.41) is 3.72. The predicted octanol–water partition coefficient (Wildman–Crippen LogP) is 3.80. The van der Waals surface area contributed by atoms with E-state index in [2.05, 4.69) is 71.7 Å². The molecule has 1 heterocycles. The van der Waals surface area contributed by atoms with Gasteiger partial charge in [0, 0.05) is 24.8 Å². The normalized spacial score (nSPS) is 17.9. The third-order valence-corrected chi connectivity index (χ3v) is 4.47. The van der Waals surface area contributed by atoms with Crippen LogP contribution in [0.15, 0.2) is 54.6 Å². The van der Waals surface area contributed by atoms with E-state index in [1.54, 1.807) is 0 Å². The van der Waals surface area contributed by atoms with Gasteiger partial charge < -0.3 is 10.2 Å². The van der Waals surface area contributed by atoms with Gasteiger partial charge in [0.2, 0.25) is 0 Å². The summed E-state index contributed by atoms with van der Waals surface area (Å²) in [7, 11) is 0. The molecule has 3 rings (SSSR count). The maximum absolute atomic E-state index is 3.72. The molecule has 0 radical (unpaired) electrons. The highest BCUT2D eigenvalue weighted by molar-refractivity contribution is 5.47. The fourth-order valence-corrected chi connectivity index (χ4v) is 3.27. The number of nitrogens with one attached hydrogen (secondary N) is 1. The zero-order valence-electron chi connectivity index (χ0n) is 13.5. The second kappa shape index (κ2) is 7.46. The molecule has 1 aliphatic rings. The maximum atomic E-state index is 3.72. The van der Waals surface area contributed by atoms with Gasteiger partial charge in [-0.3, -0.25) is 0 Å². The Kier molecular flexibility index (Phi) is 5.12. The van der Waals surface area contributed by atoms with Crippen LogP contribution in [-0.4, -0.2) is 25.7 Å². The van der Waals surface area contributed by atoms with Crippen molar-refractivity contribution in [3.63, 3.8) is 0 Å². The van der Waals surface area contributed by atoms with Crippen LogP contribution >= 0.6 is 0 Å². The summed E-state index contributed by atoms with van der Waals surface area (Å²) in [5.74, 6) is 0. The van der Waals surface area contributed by atoms with E-state index in [-0.39, 0.29) is 0 Å². The molecule has 0 amide bonds. The van der Waals surface area contributed by atoms with Gasteiger partial charge in [-0.2, -0.15) is 0 Å². The molecule has 0 aromatic heterocycles. The van der Waals surface area contributed by atoms with E-state index >= 15 is 0 Å². The topological polar surface area (TPSA) is 15.3 Å². The van der Waals surface area contributed by atoms with E-state index < -0.39 is 0 Å². The number of para-hydroxylation sites is 1. The molecule has 0 aliphatic carbocycles. The van der Waals surface area contributed by atoms with Gasteiger partial charge in [0.15, 0.2) is 0 Å². The first-order valence-corrected chi connectivity index (χ1v) is 8.40. The molecule has 1 saturated heterocycles. The molecule has 1 fully saturated rings. The Labute approximate surface area is 134 Å². The molecule has 2 aromatic carbocycles. The van der Waals surface area contributed by atoms with Crippen LogP contribution in [0.25, 0.3) is 0 Å². The molecule has 2 aromatic rings. The van der Waals surface area contributed by atoms with Crippen molar-refractivity contribution in [2.75, 3.05) is 24.5 Å². The average molecular weight is 294 g/mol. The van der Waals surface area contributed by atoms with Crippen molar-refractivity contribution < 1.29 is 0 Å². The second-order valence-electron chi connectivity index (χ2n) is 6.31. The van der Waals surface area contributed by atoms with Crippen LogP contribution in [0.5, 0.6) is 0 Å². The van der Waals surface area contributed by atoms with Crippen LogP contribution < -0.4 is 10.2 Å².